The number of rotatable bonds is 6. The molecular formula is C26H20Br2N2O4. The van der Waals surface area contributed by atoms with Gasteiger partial charge in [0.05, 0.1) is 5.69 Å². The first-order valence-electron chi connectivity index (χ1n) is 10.5. The molecule has 0 aromatic heterocycles. The Labute approximate surface area is 213 Å². The van der Waals surface area contributed by atoms with Crippen LogP contribution in [0.1, 0.15) is 23.6 Å². The van der Waals surface area contributed by atoms with Gasteiger partial charge in [0.2, 0.25) is 0 Å². The maximum Gasteiger partial charge on any atom is 0.335 e. The summed E-state index contributed by atoms with van der Waals surface area (Å²) in [5.41, 5.74) is 2.76. The topological polar surface area (TPSA) is 75.7 Å². The fourth-order valence-corrected chi connectivity index (χ4v) is 4.24. The highest BCUT2D eigenvalue weighted by Crippen LogP contribution is 2.29. The highest BCUT2D eigenvalue weighted by molar-refractivity contribution is 9.10. The predicted molar refractivity (Wildman–Crippen MR) is 137 cm³/mol. The van der Waals surface area contributed by atoms with E-state index in [2.05, 4.69) is 37.2 Å². The van der Waals surface area contributed by atoms with E-state index in [1.54, 1.807) is 24.3 Å². The molecule has 4 amide bonds. The molecule has 0 spiro atoms. The summed E-state index contributed by atoms with van der Waals surface area (Å²) in [4.78, 5) is 39.3. The number of amides is 4. The minimum Gasteiger partial charge on any atom is -0.488 e. The van der Waals surface area contributed by atoms with Crippen LogP contribution in [0.15, 0.2) is 81.2 Å². The van der Waals surface area contributed by atoms with E-state index in [1.165, 1.54) is 6.08 Å². The third kappa shape index (κ3) is 5.13. The summed E-state index contributed by atoms with van der Waals surface area (Å²) in [6.45, 7) is 2.30. The Hall–Kier alpha value is -3.23. The molecule has 8 heteroatoms. The second kappa shape index (κ2) is 10.4. The molecule has 1 saturated heterocycles. The molecule has 0 radical (unpaired) electrons. The summed E-state index contributed by atoms with van der Waals surface area (Å²) >= 11 is 6.93. The highest BCUT2D eigenvalue weighted by atomic mass is 79.9. The number of aryl methyl sites for hydroxylation is 1. The van der Waals surface area contributed by atoms with Crippen LogP contribution in [-0.4, -0.2) is 17.8 Å². The molecule has 172 valence electrons. The summed E-state index contributed by atoms with van der Waals surface area (Å²) in [5, 5.41) is 2.26. The van der Waals surface area contributed by atoms with Crippen molar-refractivity contribution in [2.24, 2.45) is 0 Å². The second-order valence-electron chi connectivity index (χ2n) is 7.54. The molecule has 0 atom stereocenters. The van der Waals surface area contributed by atoms with Gasteiger partial charge in [-0.2, -0.15) is 0 Å². The Balaban J connectivity index is 1.67. The molecule has 1 fully saturated rings. The van der Waals surface area contributed by atoms with Crippen LogP contribution in [0.4, 0.5) is 10.5 Å². The van der Waals surface area contributed by atoms with Crippen molar-refractivity contribution in [1.82, 2.24) is 5.32 Å². The Morgan fingerprint density at radius 1 is 0.971 bits per heavy atom. The van der Waals surface area contributed by atoms with Gasteiger partial charge in [-0.25, -0.2) is 9.69 Å². The number of barbiturate groups is 1. The standard InChI is InChI=1S/C26H20Br2N2O4/c1-2-16-7-10-20(11-8-16)30-25(32)21(24(31)29-26(30)33)14-18-13-19(27)9-12-23(18)34-15-17-5-3-4-6-22(17)28/h3-14H,2,15H2,1H3,(H,29,31,33)/b21-14+. The number of ether oxygens (including phenoxy) is 1. The Kier molecular flexibility index (Phi) is 7.29. The fraction of sp³-hybridized carbons (Fsp3) is 0.115. The minimum absolute atomic E-state index is 0.164. The number of halogens is 2. The van der Waals surface area contributed by atoms with Crippen molar-refractivity contribution in [3.8, 4) is 5.75 Å². The molecule has 3 aromatic carbocycles. The lowest BCUT2D eigenvalue weighted by atomic mass is 10.1. The maximum atomic E-state index is 13.2. The first kappa shape index (κ1) is 23.9. The lowest BCUT2D eigenvalue weighted by Gasteiger charge is -2.26. The van der Waals surface area contributed by atoms with E-state index >= 15 is 0 Å². The summed E-state index contributed by atoms with van der Waals surface area (Å²) in [7, 11) is 0. The second-order valence-corrected chi connectivity index (χ2v) is 9.31. The van der Waals surface area contributed by atoms with Crippen LogP contribution in [0, 0.1) is 0 Å². The molecule has 0 saturated carbocycles. The van der Waals surface area contributed by atoms with Crippen molar-refractivity contribution in [3.63, 3.8) is 0 Å². The zero-order chi connectivity index (χ0) is 24.2. The van der Waals surface area contributed by atoms with Gasteiger partial charge in [-0.3, -0.25) is 14.9 Å². The van der Waals surface area contributed by atoms with Crippen LogP contribution in [0.2, 0.25) is 0 Å². The van der Waals surface area contributed by atoms with Crippen molar-refractivity contribution in [2.75, 3.05) is 4.90 Å². The zero-order valence-electron chi connectivity index (χ0n) is 18.2. The third-order valence-electron chi connectivity index (χ3n) is 5.32. The molecule has 0 bridgehead atoms. The summed E-state index contributed by atoms with van der Waals surface area (Å²) in [5.74, 6) is -0.967. The van der Waals surface area contributed by atoms with Crippen LogP contribution in [0.25, 0.3) is 6.08 Å². The molecule has 1 N–H and O–H groups in total. The average Bonchev–Trinajstić information content (AvgIpc) is 2.82. The number of benzene rings is 3. The maximum absolute atomic E-state index is 13.2. The van der Waals surface area contributed by atoms with Gasteiger partial charge in [0, 0.05) is 20.1 Å². The fourth-order valence-electron chi connectivity index (χ4n) is 3.46. The normalized spacial score (nSPS) is 15.0. The molecular weight excluding hydrogens is 564 g/mol. The van der Waals surface area contributed by atoms with E-state index in [9.17, 15) is 14.4 Å². The van der Waals surface area contributed by atoms with E-state index in [1.807, 2.05) is 49.4 Å². The largest absolute Gasteiger partial charge is 0.488 e. The Morgan fingerprint density at radius 3 is 2.41 bits per heavy atom. The molecule has 6 nitrogen and oxygen atoms in total. The Morgan fingerprint density at radius 2 is 1.71 bits per heavy atom. The van der Waals surface area contributed by atoms with Crippen molar-refractivity contribution < 1.29 is 19.1 Å². The molecule has 0 unspecified atom stereocenters. The first-order chi connectivity index (χ1) is 16.4. The van der Waals surface area contributed by atoms with Crippen LogP contribution in [-0.2, 0) is 22.6 Å². The molecule has 3 aromatic rings. The number of carbonyl (C=O) groups excluding carboxylic acids is 3. The number of nitrogens with zero attached hydrogens (tertiary/aromatic N) is 1. The lowest BCUT2D eigenvalue weighted by Crippen LogP contribution is -2.54. The highest BCUT2D eigenvalue weighted by Gasteiger charge is 2.37. The van der Waals surface area contributed by atoms with E-state index in [-0.39, 0.29) is 12.2 Å². The summed E-state index contributed by atoms with van der Waals surface area (Å²) in [6, 6.07) is 19.3. The van der Waals surface area contributed by atoms with Crippen molar-refractivity contribution >= 4 is 61.5 Å². The van der Waals surface area contributed by atoms with Crippen LogP contribution in [0.5, 0.6) is 5.75 Å². The zero-order valence-corrected chi connectivity index (χ0v) is 21.4. The smallest absolute Gasteiger partial charge is 0.335 e. The number of urea groups is 1. The quantitative estimate of drug-likeness (QED) is 0.284. The van der Waals surface area contributed by atoms with Gasteiger partial charge in [0.1, 0.15) is 17.9 Å². The van der Waals surface area contributed by atoms with Gasteiger partial charge < -0.3 is 4.74 Å². The van der Waals surface area contributed by atoms with Crippen LogP contribution >= 0.6 is 31.9 Å². The first-order valence-corrected chi connectivity index (χ1v) is 12.1. The predicted octanol–water partition coefficient (Wildman–Crippen LogP) is 6.02. The van der Waals surface area contributed by atoms with Gasteiger partial charge in [0.15, 0.2) is 0 Å². The molecule has 4 rings (SSSR count). The van der Waals surface area contributed by atoms with Crippen molar-refractivity contribution in [1.29, 1.82) is 0 Å². The number of nitrogens with one attached hydrogen (secondary N) is 1. The number of imide groups is 2. The van der Waals surface area contributed by atoms with E-state index in [4.69, 9.17) is 4.74 Å². The number of hydrogen-bond donors (Lipinski definition) is 1. The van der Waals surface area contributed by atoms with Gasteiger partial charge in [-0.05, 0) is 54.5 Å². The average molecular weight is 584 g/mol. The molecule has 1 aliphatic heterocycles. The number of hydrogen-bond acceptors (Lipinski definition) is 4. The molecule has 0 aliphatic carbocycles. The van der Waals surface area contributed by atoms with Crippen molar-refractivity contribution in [2.45, 2.75) is 20.0 Å². The summed E-state index contributed by atoms with van der Waals surface area (Å²) in [6.07, 6.45) is 2.27. The van der Waals surface area contributed by atoms with Gasteiger partial charge in [-0.15, -0.1) is 0 Å². The molecule has 1 aliphatic rings. The van der Waals surface area contributed by atoms with Gasteiger partial charge in [0.25, 0.3) is 11.8 Å². The lowest BCUT2D eigenvalue weighted by molar-refractivity contribution is -0.122. The van der Waals surface area contributed by atoms with Crippen LogP contribution in [0.3, 0.4) is 0 Å². The molecule has 1 heterocycles. The SMILES string of the molecule is CCc1ccc(N2C(=O)NC(=O)/C(=C\c3cc(Br)ccc3OCc3ccccc3Br)C2=O)cc1. The van der Waals surface area contributed by atoms with Crippen LogP contribution < -0.4 is 15.0 Å². The Bertz CT molecular complexity index is 1300. The van der Waals surface area contributed by atoms with Gasteiger partial charge in [-0.1, -0.05) is 69.1 Å². The van der Waals surface area contributed by atoms with E-state index < -0.39 is 17.8 Å². The van der Waals surface area contributed by atoms with Gasteiger partial charge >= 0.3 is 6.03 Å². The minimum atomic E-state index is -0.781. The summed E-state index contributed by atoms with van der Waals surface area (Å²) < 4.78 is 7.67. The van der Waals surface area contributed by atoms with E-state index in [0.29, 0.717) is 17.0 Å². The number of carbonyl (C=O) groups is 3. The monoisotopic (exact) mass is 582 g/mol. The number of anilines is 1. The van der Waals surface area contributed by atoms with E-state index in [0.717, 1.165) is 31.4 Å². The van der Waals surface area contributed by atoms with Crippen molar-refractivity contribution in [3.05, 3.63) is 97.9 Å². The molecule has 34 heavy (non-hydrogen) atoms. The third-order valence-corrected chi connectivity index (χ3v) is 6.58.